The maximum Gasteiger partial charge on any atom is 0.252 e. The van der Waals surface area contributed by atoms with Crippen molar-refractivity contribution in [2.75, 3.05) is 0 Å². The van der Waals surface area contributed by atoms with Crippen LogP contribution in [-0.2, 0) is 4.79 Å². The number of aryl methyl sites for hydroxylation is 3. The first kappa shape index (κ1) is 20.2. The van der Waals surface area contributed by atoms with E-state index >= 15 is 0 Å². The van der Waals surface area contributed by atoms with E-state index in [0.717, 1.165) is 11.1 Å². The fourth-order valence-electron chi connectivity index (χ4n) is 3.04. The van der Waals surface area contributed by atoms with Crippen LogP contribution < -0.4 is 10.6 Å². The first-order valence-electron chi connectivity index (χ1n) is 8.94. The smallest absolute Gasteiger partial charge is 0.252 e. The van der Waals surface area contributed by atoms with Crippen LogP contribution in [0.5, 0.6) is 0 Å². The van der Waals surface area contributed by atoms with Crippen molar-refractivity contribution < 1.29 is 9.59 Å². The third-order valence-corrected chi connectivity index (χ3v) is 5.51. The minimum Gasteiger partial charge on any atom is -0.348 e. The van der Waals surface area contributed by atoms with Crippen molar-refractivity contribution in [1.29, 1.82) is 0 Å². The Bertz CT molecular complexity index is 795. The maximum absolute atomic E-state index is 12.8. The molecule has 26 heavy (non-hydrogen) atoms. The van der Waals surface area contributed by atoms with Gasteiger partial charge in [0, 0.05) is 15.3 Å². The molecule has 140 valence electrons. The normalized spacial score (nSPS) is 13.3. The minimum atomic E-state index is -0.579. The lowest BCUT2D eigenvalue weighted by Gasteiger charge is -2.24. The van der Waals surface area contributed by atoms with Gasteiger partial charge in [-0.05, 0) is 56.9 Å². The minimum absolute atomic E-state index is 0.0134. The van der Waals surface area contributed by atoms with E-state index < -0.39 is 6.04 Å². The Hall–Kier alpha value is -2.14. The zero-order valence-corrected chi connectivity index (χ0v) is 17.2. The molecule has 4 nitrogen and oxygen atoms in total. The summed E-state index contributed by atoms with van der Waals surface area (Å²) in [7, 11) is 0. The molecule has 1 aromatic heterocycles. The summed E-state index contributed by atoms with van der Waals surface area (Å²) in [4.78, 5) is 27.9. The average Bonchev–Trinajstić information content (AvgIpc) is 2.90. The fourth-order valence-corrected chi connectivity index (χ4v) is 4.07. The van der Waals surface area contributed by atoms with Crippen molar-refractivity contribution in [2.45, 2.75) is 53.6 Å². The number of hydrogen-bond acceptors (Lipinski definition) is 3. The number of hydrogen-bond donors (Lipinski definition) is 2. The Morgan fingerprint density at radius 3 is 2.19 bits per heavy atom. The summed E-state index contributed by atoms with van der Waals surface area (Å²) in [6.07, 6.45) is 0. The van der Waals surface area contributed by atoms with Crippen LogP contribution in [0.2, 0.25) is 0 Å². The largest absolute Gasteiger partial charge is 0.348 e. The molecule has 1 aromatic carbocycles. The summed E-state index contributed by atoms with van der Waals surface area (Å²) < 4.78 is 0. The van der Waals surface area contributed by atoms with Crippen molar-refractivity contribution in [3.63, 3.8) is 0 Å². The van der Waals surface area contributed by atoms with Gasteiger partial charge in [0.1, 0.15) is 6.04 Å². The molecular formula is C21H28N2O2S. The zero-order valence-electron chi connectivity index (χ0n) is 16.3. The molecule has 0 aliphatic rings. The van der Waals surface area contributed by atoms with Crippen LogP contribution in [0.3, 0.4) is 0 Å². The topological polar surface area (TPSA) is 58.2 Å². The Morgan fingerprint density at radius 2 is 1.65 bits per heavy atom. The molecule has 0 spiro atoms. The Morgan fingerprint density at radius 1 is 1.00 bits per heavy atom. The van der Waals surface area contributed by atoms with E-state index in [1.807, 2.05) is 45.9 Å². The van der Waals surface area contributed by atoms with Gasteiger partial charge in [0.05, 0.1) is 6.04 Å². The van der Waals surface area contributed by atoms with Gasteiger partial charge in [-0.1, -0.05) is 32.0 Å². The Labute approximate surface area is 160 Å². The van der Waals surface area contributed by atoms with Crippen molar-refractivity contribution >= 4 is 23.2 Å². The SMILES string of the molecule is Cc1cc([C@H](C)NC(=O)[C@H](NC(=O)c2ccccc2C)C(C)C)c(C)s1. The van der Waals surface area contributed by atoms with Crippen LogP contribution in [0, 0.1) is 26.7 Å². The van der Waals surface area contributed by atoms with E-state index in [1.54, 1.807) is 17.4 Å². The lowest BCUT2D eigenvalue weighted by Crippen LogP contribution is -2.50. The molecular weight excluding hydrogens is 344 g/mol. The summed E-state index contributed by atoms with van der Waals surface area (Å²) in [5.74, 6) is -0.384. The van der Waals surface area contributed by atoms with Crippen LogP contribution >= 0.6 is 11.3 Å². The first-order chi connectivity index (χ1) is 12.2. The molecule has 5 heteroatoms. The number of carbonyl (C=O) groups excluding carboxylic acids is 2. The molecule has 2 amide bonds. The standard InChI is InChI=1S/C21H28N2O2S/c1-12(2)19(23-20(24)17-10-8-7-9-13(17)3)21(25)22-15(5)18-11-14(4)26-16(18)6/h7-12,15,19H,1-6H3,(H,22,25)(H,23,24)/t15-,19+/m0/s1. The van der Waals surface area contributed by atoms with Gasteiger partial charge in [-0.25, -0.2) is 0 Å². The monoisotopic (exact) mass is 372 g/mol. The summed E-state index contributed by atoms with van der Waals surface area (Å²) in [6, 6.07) is 8.83. The second-order valence-corrected chi connectivity index (χ2v) is 8.57. The first-order valence-corrected chi connectivity index (χ1v) is 9.76. The molecule has 2 atom stereocenters. The van der Waals surface area contributed by atoms with Crippen LogP contribution in [0.1, 0.15) is 58.1 Å². The molecule has 0 saturated carbocycles. The van der Waals surface area contributed by atoms with Gasteiger partial charge in [-0.15, -0.1) is 11.3 Å². The van der Waals surface area contributed by atoms with Gasteiger partial charge in [0.15, 0.2) is 0 Å². The third-order valence-electron chi connectivity index (χ3n) is 4.53. The van der Waals surface area contributed by atoms with Crippen LogP contribution in [-0.4, -0.2) is 17.9 Å². The van der Waals surface area contributed by atoms with Crippen LogP contribution in [0.25, 0.3) is 0 Å². The molecule has 2 rings (SSSR count). The molecule has 0 aliphatic carbocycles. The highest BCUT2D eigenvalue weighted by molar-refractivity contribution is 7.12. The molecule has 0 bridgehead atoms. The van der Waals surface area contributed by atoms with Crippen LogP contribution in [0.4, 0.5) is 0 Å². The van der Waals surface area contributed by atoms with E-state index in [-0.39, 0.29) is 23.8 Å². The van der Waals surface area contributed by atoms with Gasteiger partial charge in [-0.2, -0.15) is 0 Å². The van der Waals surface area contributed by atoms with Gasteiger partial charge in [0.2, 0.25) is 5.91 Å². The quantitative estimate of drug-likeness (QED) is 0.794. The fraction of sp³-hybridized carbons (Fsp3) is 0.429. The van der Waals surface area contributed by atoms with E-state index in [4.69, 9.17) is 0 Å². The average molecular weight is 373 g/mol. The van der Waals surface area contributed by atoms with Gasteiger partial charge < -0.3 is 10.6 Å². The highest BCUT2D eigenvalue weighted by Crippen LogP contribution is 2.26. The van der Waals surface area contributed by atoms with Crippen molar-refractivity contribution in [3.8, 4) is 0 Å². The molecule has 0 aliphatic heterocycles. The number of nitrogens with one attached hydrogen (secondary N) is 2. The highest BCUT2D eigenvalue weighted by Gasteiger charge is 2.27. The number of benzene rings is 1. The highest BCUT2D eigenvalue weighted by atomic mass is 32.1. The number of rotatable bonds is 6. The Kier molecular flexibility index (Phi) is 6.59. The van der Waals surface area contributed by atoms with Gasteiger partial charge >= 0.3 is 0 Å². The van der Waals surface area contributed by atoms with Crippen molar-refractivity contribution in [2.24, 2.45) is 5.92 Å². The summed E-state index contributed by atoms with van der Waals surface area (Å²) >= 11 is 1.73. The maximum atomic E-state index is 12.8. The third kappa shape index (κ3) is 4.73. The van der Waals surface area contributed by atoms with E-state index in [1.165, 1.54) is 9.75 Å². The molecule has 1 heterocycles. The van der Waals surface area contributed by atoms with E-state index in [0.29, 0.717) is 5.56 Å². The van der Waals surface area contributed by atoms with E-state index in [2.05, 4.69) is 30.5 Å². The summed E-state index contributed by atoms with van der Waals surface area (Å²) in [5, 5.41) is 5.96. The van der Waals surface area contributed by atoms with E-state index in [9.17, 15) is 9.59 Å². The van der Waals surface area contributed by atoms with Crippen LogP contribution in [0.15, 0.2) is 30.3 Å². The lowest BCUT2D eigenvalue weighted by molar-refractivity contribution is -0.124. The van der Waals surface area contributed by atoms with Crippen molar-refractivity contribution in [1.82, 2.24) is 10.6 Å². The molecule has 0 radical (unpaired) electrons. The Balaban J connectivity index is 2.11. The lowest BCUT2D eigenvalue weighted by atomic mass is 10.0. The second-order valence-electron chi connectivity index (χ2n) is 7.11. The second kappa shape index (κ2) is 8.49. The molecule has 2 aromatic rings. The molecule has 0 saturated heterocycles. The zero-order chi connectivity index (χ0) is 19.4. The predicted molar refractivity (Wildman–Crippen MR) is 108 cm³/mol. The van der Waals surface area contributed by atoms with Gasteiger partial charge in [0.25, 0.3) is 5.91 Å². The number of carbonyl (C=O) groups is 2. The van der Waals surface area contributed by atoms with Crippen molar-refractivity contribution in [3.05, 3.63) is 56.8 Å². The number of thiophene rings is 1. The predicted octanol–water partition coefficient (Wildman–Crippen LogP) is 4.31. The summed E-state index contributed by atoms with van der Waals surface area (Å²) in [6.45, 7) is 11.9. The molecule has 0 fully saturated rings. The molecule has 2 N–H and O–H groups in total. The van der Waals surface area contributed by atoms with Gasteiger partial charge in [-0.3, -0.25) is 9.59 Å². The molecule has 0 unspecified atom stereocenters. The number of amides is 2. The summed E-state index contributed by atoms with van der Waals surface area (Å²) in [5.41, 5.74) is 2.63.